The molecule has 0 heterocycles. The van der Waals surface area contributed by atoms with Gasteiger partial charge in [-0.15, -0.1) is 0 Å². The predicted molar refractivity (Wildman–Crippen MR) is 136 cm³/mol. The molecule has 0 saturated carbocycles. The van der Waals surface area contributed by atoms with Crippen molar-refractivity contribution in [3.05, 3.63) is 20.6 Å². The summed E-state index contributed by atoms with van der Waals surface area (Å²) >= 11 is 6.81. The van der Waals surface area contributed by atoms with E-state index >= 15 is 0 Å². The largest absolute Gasteiger partial charge is 0.505 e. The van der Waals surface area contributed by atoms with Crippen LogP contribution in [0.3, 0.4) is 0 Å². The van der Waals surface area contributed by atoms with Gasteiger partial charge in [0.2, 0.25) is 5.91 Å². The first kappa shape index (κ1) is 27.5. The van der Waals surface area contributed by atoms with Crippen LogP contribution in [0.25, 0.3) is 0 Å². The van der Waals surface area contributed by atoms with Gasteiger partial charge >= 0.3 is 0 Å². The maximum Gasteiger partial charge on any atom is 0.224 e. The Hall–Kier alpha value is -0.550. The normalized spacial score (nSPS) is 11.1. The van der Waals surface area contributed by atoms with Gasteiger partial charge in [-0.1, -0.05) is 113 Å². The van der Waals surface area contributed by atoms with E-state index in [9.17, 15) is 9.90 Å². The lowest BCUT2D eigenvalue weighted by Gasteiger charge is -2.12. The molecule has 2 N–H and O–H groups in total. The second kappa shape index (κ2) is 17.1. The number of amides is 1. The van der Waals surface area contributed by atoms with Crippen molar-refractivity contribution in [2.24, 2.45) is 0 Å². The summed E-state index contributed by atoms with van der Waals surface area (Å²) < 4.78 is 1.47. The molecule has 0 bridgehead atoms. The smallest absolute Gasteiger partial charge is 0.224 e. The number of phenolic OH excluding ortho intramolecular Hbond substituents is 1. The summed E-state index contributed by atoms with van der Waals surface area (Å²) in [7, 11) is 0. The fourth-order valence-electron chi connectivity index (χ4n) is 3.67. The summed E-state index contributed by atoms with van der Waals surface area (Å²) in [5.41, 5.74) is 1.36. The number of halogens is 2. The molecule has 0 aliphatic carbocycles. The molecule has 0 atom stereocenters. The second-order valence-electron chi connectivity index (χ2n) is 8.44. The van der Waals surface area contributed by atoms with Crippen LogP contribution < -0.4 is 5.32 Å². The van der Waals surface area contributed by atoms with Crippen LogP contribution in [0.15, 0.2) is 15.0 Å². The fraction of sp³-hybridized carbons (Fsp3) is 0.720. The predicted octanol–water partition coefficient (Wildman–Crippen LogP) is 9.43. The number of hydrogen-bond acceptors (Lipinski definition) is 2. The van der Waals surface area contributed by atoms with E-state index in [-0.39, 0.29) is 11.7 Å². The Labute approximate surface area is 201 Å². The SMILES string of the molecule is CCCCCCCCCCCCCCCCCC(=O)Nc1cc(Br)c(C)c(Br)c1O. The minimum atomic E-state index is -0.0392. The monoisotopic (exact) mass is 545 g/mol. The standard InChI is InChI=1S/C25H41Br2NO2/c1-3-4-5-6-7-8-9-10-11-12-13-14-15-16-17-18-23(29)28-22-19-21(26)20(2)24(27)25(22)30/h19,30H,3-18H2,1-2H3,(H,28,29). The topological polar surface area (TPSA) is 49.3 Å². The molecule has 0 fully saturated rings. The quantitative estimate of drug-likeness (QED) is 0.151. The maximum atomic E-state index is 12.2. The minimum absolute atomic E-state index is 0.0392. The van der Waals surface area contributed by atoms with E-state index in [1.54, 1.807) is 6.07 Å². The van der Waals surface area contributed by atoms with Crippen molar-refractivity contribution >= 4 is 43.5 Å². The van der Waals surface area contributed by atoms with Crippen LogP contribution >= 0.6 is 31.9 Å². The molecule has 0 radical (unpaired) electrons. The summed E-state index contributed by atoms with van der Waals surface area (Å²) in [4.78, 5) is 12.2. The van der Waals surface area contributed by atoms with E-state index in [2.05, 4.69) is 44.1 Å². The molecule has 1 rings (SSSR count). The highest BCUT2D eigenvalue weighted by molar-refractivity contribution is 9.11. The molecule has 30 heavy (non-hydrogen) atoms. The van der Waals surface area contributed by atoms with Crippen molar-refractivity contribution in [1.29, 1.82) is 0 Å². The number of rotatable bonds is 17. The highest BCUT2D eigenvalue weighted by Crippen LogP contribution is 2.39. The molecule has 0 saturated heterocycles. The second-order valence-corrected chi connectivity index (χ2v) is 10.1. The van der Waals surface area contributed by atoms with Gasteiger partial charge in [0, 0.05) is 10.9 Å². The molecule has 1 aromatic carbocycles. The first-order valence-electron chi connectivity index (χ1n) is 11.9. The summed E-state index contributed by atoms with van der Waals surface area (Å²) in [6, 6.07) is 1.75. The Kier molecular flexibility index (Phi) is 15.6. The lowest BCUT2D eigenvalue weighted by atomic mass is 10.0. The fourth-order valence-corrected chi connectivity index (χ4v) is 4.79. The zero-order valence-electron chi connectivity index (χ0n) is 19.0. The van der Waals surface area contributed by atoms with Crippen molar-refractivity contribution in [2.45, 2.75) is 117 Å². The average Bonchev–Trinajstić information content (AvgIpc) is 2.73. The summed E-state index contributed by atoms with van der Waals surface area (Å²) in [6.45, 7) is 4.17. The van der Waals surface area contributed by atoms with Crippen LogP contribution in [0.4, 0.5) is 5.69 Å². The van der Waals surface area contributed by atoms with Crippen LogP contribution in [-0.2, 0) is 4.79 Å². The molecule has 172 valence electrons. The Balaban J connectivity index is 1.98. The van der Waals surface area contributed by atoms with Gasteiger partial charge in [-0.25, -0.2) is 0 Å². The lowest BCUT2D eigenvalue weighted by Crippen LogP contribution is -2.11. The van der Waals surface area contributed by atoms with E-state index in [4.69, 9.17) is 0 Å². The summed E-state index contributed by atoms with van der Waals surface area (Å²) in [5.74, 6) is 0.0446. The van der Waals surface area contributed by atoms with Gasteiger partial charge in [0.05, 0.1) is 10.2 Å². The van der Waals surface area contributed by atoms with Crippen LogP contribution in [-0.4, -0.2) is 11.0 Å². The minimum Gasteiger partial charge on any atom is -0.505 e. The summed E-state index contributed by atoms with van der Waals surface area (Å²) in [5, 5.41) is 13.0. The molecule has 1 aromatic rings. The molecular formula is C25H41Br2NO2. The molecule has 5 heteroatoms. The Bertz CT molecular complexity index is 620. The number of nitrogens with one attached hydrogen (secondary N) is 1. The van der Waals surface area contributed by atoms with Crippen LogP contribution in [0, 0.1) is 6.92 Å². The van der Waals surface area contributed by atoms with Crippen molar-refractivity contribution in [3.63, 3.8) is 0 Å². The van der Waals surface area contributed by atoms with Gasteiger partial charge in [0.1, 0.15) is 0 Å². The number of benzene rings is 1. The highest BCUT2D eigenvalue weighted by Gasteiger charge is 2.13. The molecule has 0 spiro atoms. The zero-order valence-corrected chi connectivity index (χ0v) is 22.2. The van der Waals surface area contributed by atoms with E-state index in [0.29, 0.717) is 16.6 Å². The molecule has 0 aromatic heterocycles. The first-order chi connectivity index (χ1) is 14.5. The maximum absolute atomic E-state index is 12.2. The van der Waals surface area contributed by atoms with Crippen LogP contribution in [0.1, 0.15) is 115 Å². The number of hydrogen-bond donors (Lipinski definition) is 2. The molecule has 1 amide bonds. The van der Waals surface area contributed by atoms with Gasteiger partial charge in [0.25, 0.3) is 0 Å². The van der Waals surface area contributed by atoms with Crippen molar-refractivity contribution in [3.8, 4) is 5.75 Å². The number of unbranched alkanes of at least 4 members (excludes halogenated alkanes) is 14. The number of carbonyl (C=O) groups excluding carboxylic acids is 1. The molecular weight excluding hydrogens is 506 g/mol. The van der Waals surface area contributed by atoms with E-state index < -0.39 is 0 Å². The van der Waals surface area contributed by atoms with Crippen LogP contribution in [0.5, 0.6) is 5.75 Å². The lowest BCUT2D eigenvalue weighted by molar-refractivity contribution is -0.116. The third kappa shape index (κ3) is 11.7. The van der Waals surface area contributed by atoms with E-state index in [0.717, 1.165) is 22.9 Å². The van der Waals surface area contributed by atoms with Gasteiger partial charge in [0.15, 0.2) is 5.75 Å². The van der Waals surface area contributed by atoms with Crippen LogP contribution in [0.2, 0.25) is 0 Å². The summed E-state index contributed by atoms with van der Waals surface area (Å²) in [6.07, 6.45) is 20.3. The molecule has 3 nitrogen and oxygen atoms in total. The van der Waals surface area contributed by atoms with Gasteiger partial charge in [-0.3, -0.25) is 4.79 Å². The Morgan fingerprint density at radius 1 is 0.833 bits per heavy atom. The van der Waals surface area contributed by atoms with Crippen molar-refractivity contribution in [2.75, 3.05) is 5.32 Å². The third-order valence-corrected chi connectivity index (χ3v) is 7.50. The van der Waals surface area contributed by atoms with E-state index in [1.165, 1.54) is 83.5 Å². The van der Waals surface area contributed by atoms with Crippen molar-refractivity contribution in [1.82, 2.24) is 0 Å². The van der Waals surface area contributed by atoms with E-state index in [1.807, 2.05) is 6.92 Å². The molecule has 0 aliphatic rings. The first-order valence-corrected chi connectivity index (χ1v) is 13.5. The number of aromatic hydroxyl groups is 1. The number of anilines is 1. The Morgan fingerprint density at radius 2 is 1.27 bits per heavy atom. The average molecular weight is 547 g/mol. The third-order valence-electron chi connectivity index (χ3n) is 5.70. The van der Waals surface area contributed by atoms with Gasteiger partial charge < -0.3 is 10.4 Å². The zero-order chi connectivity index (χ0) is 22.2. The van der Waals surface area contributed by atoms with Gasteiger partial charge in [-0.2, -0.15) is 0 Å². The molecule has 0 aliphatic heterocycles. The Morgan fingerprint density at radius 3 is 1.73 bits per heavy atom. The van der Waals surface area contributed by atoms with Crippen molar-refractivity contribution < 1.29 is 9.90 Å². The molecule has 0 unspecified atom stereocenters. The highest BCUT2D eigenvalue weighted by atomic mass is 79.9. The number of phenols is 1. The van der Waals surface area contributed by atoms with Gasteiger partial charge in [-0.05, 0) is 40.9 Å². The number of carbonyl (C=O) groups is 1.